The van der Waals surface area contributed by atoms with E-state index in [9.17, 15) is 0 Å². The molecule has 1 nitrogen and oxygen atoms in total. The molecule has 0 unspecified atom stereocenters. The highest BCUT2D eigenvalue weighted by atomic mass is 16.5. The average Bonchev–Trinajstić information content (AvgIpc) is 2.48. The van der Waals surface area contributed by atoms with Crippen LogP contribution in [0.3, 0.4) is 0 Å². The maximum Gasteiger partial charge on any atom is 0.122 e. The Morgan fingerprint density at radius 1 is 0.714 bits per heavy atom. The Bertz CT molecular complexity index is 599. The number of aryl methyl sites for hydroxylation is 5. The van der Waals surface area contributed by atoms with Crippen LogP contribution in [0.2, 0.25) is 0 Å². The summed E-state index contributed by atoms with van der Waals surface area (Å²) < 4.78 is 5.39. The first-order valence-corrected chi connectivity index (χ1v) is 7.80. The standard InChI is InChI=1S/C20H26O/c1-15-9-11-18(13-17(15)3)7-5-6-8-19-12-10-16(2)20(14-19)21-4/h9-14H,5-8H2,1-4H3. The van der Waals surface area contributed by atoms with Crippen LogP contribution in [0.15, 0.2) is 36.4 Å². The monoisotopic (exact) mass is 282 g/mol. The Morgan fingerprint density at radius 3 is 1.86 bits per heavy atom. The highest BCUT2D eigenvalue weighted by Crippen LogP contribution is 2.20. The number of ether oxygens (including phenoxy) is 1. The van der Waals surface area contributed by atoms with Crippen molar-refractivity contribution in [1.82, 2.24) is 0 Å². The molecule has 0 spiro atoms. The molecule has 2 aromatic carbocycles. The van der Waals surface area contributed by atoms with Gasteiger partial charge in [-0.3, -0.25) is 0 Å². The smallest absolute Gasteiger partial charge is 0.122 e. The third-order valence-electron chi connectivity index (χ3n) is 4.22. The molecule has 0 amide bonds. The van der Waals surface area contributed by atoms with Crippen molar-refractivity contribution in [1.29, 1.82) is 0 Å². The molecule has 2 aromatic rings. The van der Waals surface area contributed by atoms with E-state index in [1.807, 2.05) is 0 Å². The second-order valence-corrected chi connectivity index (χ2v) is 5.93. The lowest BCUT2D eigenvalue weighted by Crippen LogP contribution is -1.93. The van der Waals surface area contributed by atoms with Crippen LogP contribution in [-0.4, -0.2) is 7.11 Å². The van der Waals surface area contributed by atoms with Crippen LogP contribution >= 0.6 is 0 Å². The topological polar surface area (TPSA) is 9.23 Å². The molecule has 0 atom stereocenters. The van der Waals surface area contributed by atoms with Gasteiger partial charge in [0.2, 0.25) is 0 Å². The molecule has 1 heteroatoms. The fourth-order valence-corrected chi connectivity index (χ4v) is 2.64. The summed E-state index contributed by atoms with van der Waals surface area (Å²) in [6.07, 6.45) is 4.75. The van der Waals surface area contributed by atoms with Crippen molar-refractivity contribution in [2.75, 3.05) is 7.11 Å². The minimum absolute atomic E-state index is 1.00. The number of hydrogen-bond donors (Lipinski definition) is 0. The summed E-state index contributed by atoms with van der Waals surface area (Å²) in [5.41, 5.74) is 6.81. The molecule has 112 valence electrons. The number of rotatable bonds is 6. The van der Waals surface area contributed by atoms with E-state index >= 15 is 0 Å². The third-order valence-corrected chi connectivity index (χ3v) is 4.22. The van der Waals surface area contributed by atoms with E-state index < -0.39 is 0 Å². The van der Waals surface area contributed by atoms with Crippen molar-refractivity contribution in [2.24, 2.45) is 0 Å². The lowest BCUT2D eigenvalue weighted by molar-refractivity contribution is 0.411. The van der Waals surface area contributed by atoms with E-state index in [0.29, 0.717) is 0 Å². The summed E-state index contributed by atoms with van der Waals surface area (Å²) in [7, 11) is 1.74. The SMILES string of the molecule is COc1cc(CCCCc2ccc(C)c(C)c2)ccc1C. The van der Waals surface area contributed by atoms with Gasteiger partial charge in [-0.15, -0.1) is 0 Å². The van der Waals surface area contributed by atoms with Crippen molar-refractivity contribution >= 4 is 0 Å². The van der Waals surface area contributed by atoms with Crippen LogP contribution in [-0.2, 0) is 12.8 Å². The highest BCUT2D eigenvalue weighted by molar-refractivity contribution is 5.36. The van der Waals surface area contributed by atoms with Crippen molar-refractivity contribution in [3.05, 3.63) is 64.2 Å². The van der Waals surface area contributed by atoms with Crippen LogP contribution in [0.25, 0.3) is 0 Å². The quantitative estimate of drug-likeness (QED) is 0.663. The molecule has 0 N–H and O–H groups in total. The second kappa shape index (κ2) is 7.31. The van der Waals surface area contributed by atoms with E-state index in [-0.39, 0.29) is 0 Å². The Hall–Kier alpha value is -1.76. The first-order valence-electron chi connectivity index (χ1n) is 7.80. The van der Waals surface area contributed by atoms with Gasteiger partial charge in [0.25, 0.3) is 0 Å². The number of hydrogen-bond acceptors (Lipinski definition) is 1. The number of methoxy groups -OCH3 is 1. The fraction of sp³-hybridized carbons (Fsp3) is 0.400. The Kier molecular flexibility index (Phi) is 5.44. The van der Waals surface area contributed by atoms with Gasteiger partial charge in [-0.1, -0.05) is 30.3 Å². The van der Waals surface area contributed by atoms with Crippen LogP contribution in [0.5, 0.6) is 5.75 Å². The van der Waals surface area contributed by atoms with Crippen molar-refractivity contribution in [2.45, 2.75) is 46.5 Å². The molecule has 0 aromatic heterocycles. The van der Waals surface area contributed by atoms with Gasteiger partial charge in [0.15, 0.2) is 0 Å². The van der Waals surface area contributed by atoms with Gasteiger partial charge in [0.05, 0.1) is 7.11 Å². The normalized spacial score (nSPS) is 10.7. The molecule has 0 saturated heterocycles. The summed E-state index contributed by atoms with van der Waals surface area (Å²) in [4.78, 5) is 0. The molecule has 0 bridgehead atoms. The predicted molar refractivity (Wildman–Crippen MR) is 90.3 cm³/mol. The van der Waals surface area contributed by atoms with Gasteiger partial charge < -0.3 is 4.74 Å². The van der Waals surface area contributed by atoms with Gasteiger partial charge in [0.1, 0.15) is 5.75 Å². The minimum Gasteiger partial charge on any atom is -0.496 e. The molecule has 0 aliphatic rings. The van der Waals surface area contributed by atoms with Gasteiger partial charge in [-0.2, -0.15) is 0 Å². The Balaban J connectivity index is 1.83. The molecule has 0 radical (unpaired) electrons. The molecular formula is C20H26O. The molecule has 0 aliphatic carbocycles. The Labute approximate surface area is 129 Å². The maximum atomic E-state index is 5.39. The zero-order valence-electron chi connectivity index (χ0n) is 13.7. The number of benzene rings is 2. The zero-order valence-corrected chi connectivity index (χ0v) is 13.7. The largest absolute Gasteiger partial charge is 0.496 e. The third kappa shape index (κ3) is 4.35. The van der Waals surface area contributed by atoms with Gasteiger partial charge in [0, 0.05) is 0 Å². The molecule has 2 rings (SSSR count). The lowest BCUT2D eigenvalue weighted by atomic mass is 10.00. The molecule has 0 heterocycles. The van der Waals surface area contributed by atoms with Crippen LogP contribution in [0, 0.1) is 20.8 Å². The molecule has 0 fully saturated rings. The van der Waals surface area contributed by atoms with E-state index in [1.54, 1.807) is 7.11 Å². The second-order valence-electron chi connectivity index (χ2n) is 5.93. The first-order chi connectivity index (χ1) is 10.1. The molecule has 21 heavy (non-hydrogen) atoms. The van der Waals surface area contributed by atoms with Crippen molar-refractivity contribution in [3.8, 4) is 5.75 Å². The lowest BCUT2D eigenvalue weighted by Gasteiger charge is -2.08. The van der Waals surface area contributed by atoms with E-state index in [2.05, 4.69) is 57.2 Å². The van der Waals surface area contributed by atoms with Crippen molar-refractivity contribution in [3.63, 3.8) is 0 Å². The molecule has 0 aliphatic heterocycles. The zero-order chi connectivity index (χ0) is 15.2. The average molecular weight is 282 g/mol. The predicted octanol–water partition coefficient (Wildman–Crippen LogP) is 5.19. The summed E-state index contributed by atoms with van der Waals surface area (Å²) in [6.45, 7) is 6.45. The Morgan fingerprint density at radius 2 is 1.29 bits per heavy atom. The summed E-state index contributed by atoms with van der Waals surface area (Å²) in [6, 6.07) is 13.4. The van der Waals surface area contributed by atoms with Gasteiger partial charge >= 0.3 is 0 Å². The van der Waals surface area contributed by atoms with Crippen molar-refractivity contribution < 1.29 is 4.74 Å². The maximum absolute atomic E-state index is 5.39. The van der Waals surface area contributed by atoms with E-state index in [0.717, 1.165) is 12.2 Å². The van der Waals surface area contributed by atoms with Crippen LogP contribution in [0.4, 0.5) is 0 Å². The van der Waals surface area contributed by atoms with Crippen LogP contribution < -0.4 is 4.74 Å². The molecule has 0 saturated carbocycles. The summed E-state index contributed by atoms with van der Waals surface area (Å²) >= 11 is 0. The minimum atomic E-state index is 1.00. The highest BCUT2D eigenvalue weighted by Gasteiger charge is 2.01. The summed E-state index contributed by atoms with van der Waals surface area (Å²) in [5.74, 6) is 1.00. The van der Waals surface area contributed by atoms with Gasteiger partial charge in [-0.25, -0.2) is 0 Å². The van der Waals surface area contributed by atoms with E-state index in [4.69, 9.17) is 4.74 Å². The first kappa shape index (κ1) is 15.6. The van der Waals surface area contributed by atoms with E-state index in [1.165, 1.54) is 47.1 Å². The summed E-state index contributed by atoms with van der Waals surface area (Å²) in [5, 5.41) is 0. The van der Waals surface area contributed by atoms with Crippen LogP contribution in [0.1, 0.15) is 40.7 Å². The fourth-order valence-electron chi connectivity index (χ4n) is 2.64. The molecular weight excluding hydrogens is 256 g/mol. The van der Waals surface area contributed by atoms with Gasteiger partial charge in [-0.05, 0) is 80.3 Å². The number of unbranched alkanes of at least 4 members (excludes halogenated alkanes) is 1.